The summed E-state index contributed by atoms with van der Waals surface area (Å²) >= 11 is 0. The van der Waals surface area contributed by atoms with Crippen molar-refractivity contribution in [1.82, 2.24) is 5.32 Å². The number of nitrogens with zero attached hydrogens (tertiary/aromatic N) is 2. The molecule has 1 atom stereocenters. The summed E-state index contributed by atoms with van der Waals surface area (Å²) in [6.07, 6.45) is 8.87. The van der Waals surface area contributed by atoms with Gasteiger partial charge in [0.05, 0.1) is 0 Å². The van der Waals surface area contributed by atoms with E-state index in [9.17, 15) is 0 Å². The summed E-state index contributed by atoms with van der Waals surface area (Å²) in [5.41, 5.74) is 9.31. The first-order valence-electron chi connectivity index (χ1n) is 14.2. The molecule has 0 bridgehead atoms. The second-order valence-electron chi connectivity index (χ2n) is 12.4. The molecule has 3 nitrogen and oxygen atoms in total. The molecule has 0 saturated carbocycles. The zero-order chi connectivity index (χ0) is 29.5. The van der Waals surface area contributed by atoms with Crippen molar-refractivity contribution in [3.8, 4) is 0 Å². The highest BCUT2D eigenvalue weighted by Gasteiger charge is 2.33. The van der Waals surface area contributed by atoms with E-state index in [1.54, 1.807) is 0 Å². The first-order chi connectivity index (χ1) is 17.6. The quantitative estimate of drug-likeness (QED) is 0.373. The molecule has 0 amide bonds. The van der Waals surface area contributed by atoms with Crippen LogP contribution in [0.25, 0.3) is 0 Å². The molecule has 1 unspecified atom stereocenters. The Morgan fingerprint density at radius 1 is 0.974 bits per heavy atom. The molecule has 212 valence electrons. The van der Waals surface area contributed by atoms with E-state index in [-0.39, 0.29) is 5.41 Å². The van der Waals surface area contributed by atoms with Crippen LogP contribution in [0, 0.1) is 17.8 Å². The Morgan fingerprint density at radius 3 is 1.97 bits per heavy atom. The fraction of sp³-hybridized carbons (Fsp3) is 0.543. The van der Waals surface area contributed by atoms with Crippen molar-refractivity contribution in [2.24, 2.45) is 20.8 Å². The summed E-state index contributed by atoms with van der Waals surface area (Å²) in [7, 11) is 0. The molecule has 0 radical (unpaired) electrons. The molecule has 38 heavy (non-hydrogen) atoms. The van der Waals surface area contributed by atoms with Crippen molar-refractivity contribution in [3.63, 3.8) is 0 Å². The second kappa shape index (κ2) is 17.0. The summed E-state index contributed by atoms with van der Waals surface area (Å²) in [6.45, 7) is 33.3. The normalized spacial score (nSPS) is 18.0. The first-order valence-corrected chi connectivity index (χ1v) is 14.2. The minimum atomic E-state index is 0.0596. The van der Waals surface area contributed by atoms with Crippen LogP contribution in [-0.2, 0) is 6.42 Å². The number of aliphatic imine (C=N–C) groups is 2. The van der Waals surface area contributed by atoms with Crippen LogP contribution < -0.4 is 5.32 Å². The molecule has 3 heteroatoms. The van der Waals surface area contributed by atoms with Gasteiger partial charge >= 0.3 is 0 Å². The van der Waals surface area contributed by atoms with Gasteiger partial charge in [0.1, 0.15) is 5.84 Å². The molecule has 2 aliphatic heterocycles. The second-order valence-corrected chi connectivity index (χ2v) is 12.4. The number of amidine groups is 1. The third kappa shape index (κ3) is 15.5. The minimum absolute atomic E-state index is 0.0596. The van der Waals surface area contributed by atoms with Gasteiger partial charge in [-0.3, -0.25) is 4.99 Å². The average Bonchev–Trinajstić information content (AvgIpc) is 3.25. The van der Waals surface area contributed by atoms with Gasteiger partial charge in [-0.15, -0.1) is 6.58 Å². The summed E-state index contributed by atoms with van der Waals surface area (Å²) in [5.74, 6) is 1.00. The lowest BCUT2D eigenvalue weighted by molar-refractivity contribution is 0.421. The number of nitrogens with one attached hydrogen (secondary N) is 1. The minimum Gasteiger partial charge on any atom is -0.347 e. The van der Waals surface area contributed by atoms with Crippen LogP contribution in [0.4, 0.5) is 0 Å². The molecule has 0 aromatic heterocycles. The Hall–Kier alpha value is -2.68. The van der Waals surface area contributed by atoms with Crippen molar-refractivity contribution in [2.45, 2.75) is 115 Å². The lowest BCUT2D eigenvalue weighted by atomic mass is 9.74. The number of hydrogen-bond acceptors (Lipinski definition) is 3. The maximum Gasteiger partial charge on any atom is 0.106 e. The predicted octanol–water partition coefficient (Wildman–Crippen LogP) is 10.5. The van der Waals surface area contributed by atoms with Crippen molar-refractivity contribution in [2.75, 3.05) is 0 Å². The smallest absolute Gasteiger partial charge is 0.106 e. The largest absolute Gasteiger partial charge is 0.347 e. The maximum atomic E-state index is 4.66. The molecule has 2 heterocycles. The molecule has 0 fully saturated rings. The molecular weight excluding hydrogens is 462 g/mol. The van der Waals surface area contributed by atoms with Crippen LogP contribution in [0.2, 0.25) is 0 Å². The van der Waals surface area contributed by atoms with Gasteiger partial charge in [-0.1, -0.05) is 97.4 Å². The molecule has 2 aliphatic rings. The molecule has 0 saturated heterocycles. The van der Waals surface area contributed by atoms with E-state index in [1.807, 2.05) is 33.9 Å². The zero-order valence-corrected chi connectivity index (χ0v) is 26.8. The van der Waals surface area contributed by atoms with Crippen molar-refractivity contribution in [1.29, 1.82) is 0 Å². The third-order valence-corrected chi connectivity index (χ3v) is 5.69. The fourth-order valence-corrected chi connectivity index (χ4v) is 3.67. The Labute approximate surface area is 236 Å². The van der Waals surface area contributed by atoms with E-state index in [2.05, 4.69) is 114 Å². The van der Waals surface area contributed by atoms with Gasteiger partial charge in [0, 0.05) is 48.5 Å². The molecule has 1 aromatic rings. The lowest BCUT2D eigenvalue weighted by Crippen LogP contribution is -2.34. The van der Waals surface area contributed by atoms with E-state index in [1.165, 1.54) is 33.6 Å². The van der Waals surface area contributed by atoms with Crippen LogP contribution in [0.3, 0.4) is 0 Å². The number of benzene rings is 1. The number of allylic oxidation sites excluding steroid dienone is 4. The van der Waals surface area contributed by atoms with E-state index < -0.39 is 0 Å². The zero-order valence-electron chi connectivity index (χ0n) is 26.8. The van der Waals surface area contributed by atoms with Crippen molar-refractivity contribution in [3.05, 3.63) is 83.4 Å². The monoisotopic (exact) mass is 519 g/mol. The summed E-state index contributed by atoms with van der Waals surface area (Å²) < 4.78 is 0. The van der Waals surface area contributed by atoms with Crippen LogP contribution in [-0.4, -0.2) is 11.5 Å². The molecule has 0 aliphatic carbocycles. The van der Waals surface area contributed by atoms with Gasteiger partial charge in [-0.2, -0.15) is 0 Å². The highest BCUT2D eigenvalue weighted by atomic mass is 15.0. The van der Waals surface area contributed by atoms with Gasteiger partial charge < -0.3 is 5.32 Å². The highest BCUT2D eigenvalue weighted by Crippen LogP contribution is 2.39. The first kappa shape index (κ1) is 35.3. The highest BCUT2D eigenvalue weighted by molar-refractivity contribution is 5.92. The van der Waals surface area contributed by atoms with E-state index in [0.29, 0.717) is 5.41 Å². The lowest BCUT2D eigenvalue weighted by Gasteiger charge is -2.34. The van der Waals surface area contributed by atoms with E-state index in [4.69, 9.17) is 0 Å². The molecule has 1 N–H and O–H groups in total. The van der Waals surface area contributed by atoms with Gasteiger partial charge in [0.25, 0.3) is 0 Å². The van der Waals surface area contributed by atoms with Crippen molar-refractivity contribution < 1.29 is 0 Å². The van der Waals surface area contributed by atoms with Gasteiger partial charge in [0.15, 0.2) is 0 Å². The van der Waals surface area contributed by atoms with Gasteiger partial charge in [-0.05, 0) is 62.7 Å². The SMILES string of the molecule is C=C(C)C.C=C(Cc1ccc(C)cc1)NC1=NC=C(C)C(C)(CC2=NC=C(CC)C2)C1.CC.CC(C)(C)C. The molecule has 1 aromatic carbocycles. The topological polar surface area (TPSA) is 36.8 Å². The Kier molecular flexibility index (Phi) is 15.8. The summed E-state index contributed by atoms with van der Waals surface area (Å²) in [4.78, 5) is 9.30. The summed E-state index contributed by atoms with van der Waals surface area (Å²) in [6, 6.07) is 8.61. The fourth-order valence-electron chi connectivity index (χ4n) is 3.67. The Morgan fingerprint density at radius 2 is 1.50 bits per heavy atom. The Bertz CT molecular complexity index is 1000. The summed E-state index contributed by atoms with van der Waals surface area (Å²) in [5, 5.41) is 3.46. The van der Waals surface area contributed by atoms with Crippen LogP contribution in [0.5, 0.6) is 0 Å². The molecule has 3 rings (SSSR count). The predicted molar refractivity (Wildman–Crippen MR) is 173 cm³/mol. The van der Waals surface area contributed by atoms with E-state index in [0.717, 1.165) is 43.6 Å². The van der Waals surface area contributed by atoms with Gasteiger partial charge in [-0.25, -0.2) is 4.99 Å². The maximum absolute atomic E-state index is 4.66. The van der Waals surface area contributed by atoms with Crippen LogP contribution in [0.1, 0.15) is 113 Å². The van der Waals surface area contributed by atoms with E-state index >= 15 is 0 Å². The average molecular weight is 520 g/mol. The number of rotatable bonds is 6. The standard InChI is InChI=1S/C24H31N3.C5H12.C4H8.C2H6/c1-6-20-12-22(25-16-20)13-24(5)14-23(26-15-18(24)3)27-19(4)11-21-9-7-17(2)8-10-21;1-5(2,3)4;1-4(2)3;1-2/h7-10,15-16H,4,6,11-14H2,1-3,5H3,(H,26,27);1-4H3;1H2,2-3H3;1-2H3. The van der Waals surface area contributed by atoms with Crippen molar-refractivity contribution >= 4 is 11.5 Å². The van der Waals surface area contributed by atoms with Gasteiger partial charge in [0.2, 0.25) is 0 Å². The molecule has 0 spiro atoms. The van der Waals surface area contributed by atoms with Crippen LogP contribution >= 0.6 is 0 Å². The number of aryl methyl sites for hydroxylation is 1. The Balaban J connectivity index is 0.00000106. The van der Waals surface area contributed by atoms with Crippen LogP contribution in [0.15, 0.2) is 82.2 Å². The molecular formula is C35H57N3. The third-order valence-electron chi connectivity index (χ3n) is 5.69. The number of hydrogen-bond donors (Lipinski definition) is 1.